The van der Waals surface area contributed by atoms with Crippen molar-refractivity contribution < 1.29 is 4.39 Å². The average Bonchev–Trinajstić information content (AvgIpc) is 3.37. The van der Waals surface area contributed by atoms with Crippen molar-refractivity contribution in [1.29, 1.82) is 0 Å². The molecule has 0 spiro atoms. The highest BCUT2D eigenvalue weighted by molar-refractivity contribution is 7.17. The fourth-order valence-electron chi connectivity index (χ4n) is 4.88. The van der Waals surface area contributed by atoms with Crippen molar-refractivity contribution in [2.24, 2.45) is 0 Å². The van der Waals surface area contributed by atoms with Crippen molar-refractivity contribution in [3.05, 3.63) is 94.7 Å². The number of aryl methyl sites for hydroxylation is 1. The van der Waals surface area contributed by atoms with E-state index in [-0.39, 0.29) is 5.82 Å². The van der Waals surface area contributed by atoms with Crippen LogP contribution in [0.5, 0.6) is 0 Å². The van der Waals surface area contributed by atoms with Crippen molar-refractivity contribution in [1.82, 2.24) is 9.78 Å². The molecule has 1 atom stereocenters. The Labute approximate surface area is 178 Å². The van der Waals surface area contributed by atoms with E-state index >= 15 is 0 Å². The van der Waals surface area contributed by atoms with Gasteiger partial charge in [-0.3, -0.25) is 0 Å². The van der Waals surface area contributed by atoms with Crippen molar-refractivity contribution in [3.63, 3.8) is 0 Å². The molecule has 6 rings (SSSR count). The Balaban J connectivity index is 1.40. The standard InChI is InChI=1S/C26H21FN2S/c27-21-8-10-22(11-9-21)29-25-14-18-5-3-4-17(24(18)13-19(25)15-28-29)12-20-16-30-26-7-2-1-6-23(20)26/h1-2,6-11,13-17H,3-5,12H2. The van der Waals surface area contributed by atoms with Crippen molar-refractivity contribution >= 4 is 32.3 Å². The molecule has 0 fully saturated rings. The van der Waals surface area contributed by atoms with Crippen LogP contribution in [-0.2, 0) is 12.8 Å². The summed E-state index contributed by atoms with van der Waals surface area (Å²) in [5.41, 5.74) is 6.37. The second kappa shape index (κ2) is 7.06. The lowest BCUT2D eigenvalue weighted by atomic mass is 9.79. The third kappa shape index (κ3) is 2.94. The summed E-state index contributed by atoms with van der Waals surface area (Å²) in [6.07, 6.45) is 6.59. The second-order valence-electron chi connectivity index (χ2n) is 8.19. The summed E-state index contributed by atoms with van der Waals surface area (Å²) < 4.78 is 16.6. The van der Waals surface area contributed by atoms with E-state index in [1.54, 1.807) is 12.1 Å². The highest BCUT2D eigenvalue weighted by Crippen LogP contribution is 2.39. The molecular weight excluding hydrogens is 391 g/mol. The van der Waals surface area contributed by atoms with E-state index in [1.807, 2.05) is 22.2 Å². The van der Waals surface area contributed by atoms with Crippen molar-refractivity contribution in [3.8, 4) is 5.69 Å². The van der Waals surface area contributed by atoms with Gasteiger partial charge in [-0.05, 0) is 102 Å². The maximum absolute atomic E-state index is 13.3. The third-order valence-corrected chi connectivity index (χ3v) is 7.38. The zero-order chi connectivity index (χ0) is 20.1. The van der Waals surface area contributed by atoms with E-state index in [1.165, 1.54) is 51.8 Å². The Morgan fingerprint density at radius 1 is 1.07 bits per heavy atom. The fraction of sp³-hybridized carbons (Fsp3) is 0.192. The molecule has 0 N–H and O–H groups in total. The molecule has 0 saturated heterocycles. The number of fused-ring (bicyclic) bond motifs is 3. The highest BCUT2D eigenvalue weighted by Gasteiger charge is 2.23. The molecule has 2 aromatic heterocycles. The van der Waals surface area contributed by atoms with Gasteiger partial charge in [0.15, 0.2) is 0 Å². The molecule has 0 amide bonds. The molecule has 0 bridgehead atoms. The van der Waals surface area contributed by atoms with E-state index in [9.17, 15) is 4.39 Å². The number of hydrogen-bond acceptors (Lipinski definition) is 2. The quantitative estimate of drug-likeness (QED) is 0.311. The molecule has 4 heteroatoms. The number of nitrogens with zero attached hydrogens (tertiary/aromatic N) is 2. The molecule has 1 aliphatic carbocycles. The molecule has 0 aliphatic heterocycles. The van der Waals surface area contributed by atoms with E-state index < -0.39 is 0 Å². The van der Waals surface area contributed by atoms with E-state index in [0.717, 1.165) is 29.4 Å². The predicted octanol–water partition coefficient (Wildman–Crippen LogP) is 7.04. The highest BCUT2D eigenvalue weighted by atomic mass is 32.1. The molecule has 1 unspecified atom stereocenters. The minimum Gasteiger partial charge on any atom is -0.233 e. The van der Waals surface area contributed by atoms with Gasteiger partial charge in [0.2, 0.25) is 0 Å². The Bertz CT molecular complexity index is 1360. The maximum Gasteiger partial charge on any atom is 0.123 e. The van der Waals surface area contributed by atoms with Gasteiger partial charge < -0.3 is 0 Å². The number of benzene rings is 3. The number of rotatable bonds is 3. The van der Waals surface area contributed by atoms with Crippen LogP contribution < -0.4 is 0 Å². The first-order valence-corrected chi connectivity index (χ1v) is 11.4. The fourth-order valence-corrected chi connectivity index (χ4v) is 5.86. The lowest BCUT2D eigenvalue weighted by molar-refractivity contribution is 0.553. The van der Waals surface area contributed by atoms with Crippen molar-refractivity contribution in [2.45, 2.75) is 31.6 Å². The lowest BCUT2D eigenvalue weighted by Crippen LogP contribution is -2.12. The third-order valence-electron chi connectivity index (χ3n) is 6.37. The Morgan fingerprint density at radius 3 is 2.83 bits per heavy atom. The lowest BCUT2D eigenvalue weighted by Gasteiger charge is -2.26. The van der Waals surface area contributed by atoms with Gasteiger partial charge in [-0.15, -0.1) is 11.3 Å². The van der Waals surface area contributed by atoms with Gasteiger partial charge in [0, 0.05) is 10.1 Å². The number of thiophene rings is 1. The van der Waals surface area contributed by atoms with Crippen LogP contribution in [0.3, 0.4) is 0 Å². The van der Waals surface area contributed by atoms with Crippen LogP contribution in [0.15, 0.2) is 72.2 Å². The first-order chi connectivity index (χ1) is 14.8. The van der Waals surface area contributed by atoms with Crippen molar-refractivity contribution in [2.75, 3.05) is 0 Å². The van der Waals surface area contributed by atoms with E-state index in [4.69, 9.17) is 0 Å². The van der Waals surface area contributed by atoms with Gasteiger partial charge in [0.05, 0.1) is 17.4 Å². The van der Waals surface area contributed by atoms with Gasteiger partial charge >= 0.3 is 0 Å². The topological polar surface area (TPSA) is 17.8 Å². The molecular formula is C26H21FN2S. The summed E-state index contributed by atoms with van der Waals surface area (Å²) >= 11 is 1.85. The summed E-state index contributed by atoms with van der Waals surface area (Å²) in [4.78, 5) is 0. The Morgan fingerprint density at radius 2 is 1.93 bits per heavy atom. The summed E-state index contributed by atoms with van der Waals surface area (Å²) in [7, 11) is 0. The number of hydrogen-bond donors (Lipinski definition) is 0. The summed E-state index contributed by atoms with van der Waals surface area (Å²) in [5.74, 6) is 0.321. The van der Waals surface area contributed by atoms with Crippen LogP contribution in [0.25, 0.3) is 26.7 Å². The molecule has 2 nitrogen and oxygen atoms in total. The SMILES string of the molecule is Fc1ccc(-n2ncc3cc4c(cc32)CCCC4Cc2csc3ccccc23)cc1. The van der Waals surface area contributed by atoms with E-state index in [2.05, 4.69) is 46.9 Å². The smallest absolute Gasteiger partial charge is 0.123 e. The van der Waals surface area contributed by atoms with Gasteiger partial charge in [-0.1, -0.05) is 18.2 Å². The van der Waals surface area contributed by atoms with Gasteiger partial charge in [-0.25, -0.2) is 9.07 Å². The minimum atomic E-state index is -0.226. The summed E-state index contributed by atoms with van der Waals surface area (Å²) in [6.45, 7) is 0. The average molecular weight is 413 g/mol. The van der Waals surface area contributed by atoms with Crippen LogP contribution in [0.2, 0.25) is 0 Å². The zero-order valence-electron chi connectivity index (χ0n) is 16.5. The maximum atomic E-state index is 13.3. The Hall–Kier alpha value is -2.98. The number of aromatic nitrogens is 2. The first kappa shape index (κ1) is 17.8. The first-order valence-electron chi connectivity index (χ1n) is 10.5. The van der Waals surface area contributed by atoms with Gasteiger partial charge in [0.25, 0.3) is 0 Å². The molecule has 3 aromatic carbocycles. The van der Waals surface area contributed by atoms with Crippen LogP contribution in [0, 0.1) is 5.82 Å². The molecule has 5 aromatic rings. The zero-order valence-corrected chi connectivity index (χ0v) is 17.3. The molecule has 0 radical (unpaired) electrons. The van der Waals surface area contributed by atoms with Gasteiger partial charge in [0.1, 0.15) is 5.82 Å². The van der Waals surface area contributed by atoms with Crippen LogP contribution in [-0.4, -0.2) is 9.78 Å². The molecule has 1 aliphatic rings. The molecule has 148 valence electrons. The molecule has 0 saturated carbocycles. The van der Waals surface area contributed by atoms with E-state index in [0.29, 0.717) is 5.92 Å². The molecule has 2 heterocycles. The summed E-state index contributed by atoms with van der Waals surface area (Å²) in [6, 6.07) is 19.9. The number of halogens is 1. The predicted molar refractivity (Wildman–Crippen MR) is 122 cm³/mol. The monoisotopic (exact) mass is 412 g/mol. The van der Waals surface area contributed by atoms with Gasteiger partial charge in [-0.2, -0.15) is 5.10 Å². The minimum absolute atomic E-state index is 0.226. The van der Waals surface area contributed by atoms with Crippen LogP contribution in [0.1, 0.15) is 35.4 Å². The van der Waals surface area contributed by atoms with Crippen LogP contribution in [0.4, 0.5) is 4.39 Å². The van der Waals surface area contributed by atoms with Crippen LogP contribution >= 0.6 is 11.3 Å². The molecule has 30 heavy (non-hydrogen) atoms. The summed E-state index contributed by atoms with van der Waals surface area (Å²) in [5, 5.41) is 9.50. The largest absolute Gasteiger partial charge is 0.233 e. The normalized spacial score (nSPS) is 16.2. The Kier molecular flexibility index (Phi) is 4.20. The second-order valence-corrected chi connectivity index (χ2v) is 9.10.